The summed E-state index contributed by atoms with van der Waals surface area (Å²) in [7, 11) is 0. The molecule has 0 spiro atoms. The van der Waals surface area contributed by atoms with Gasteiger partial charge < -0.3 is 19.8 Å². The highest BCUT2D eigenvalue weighted by Crippen LogP contribution is 2.37. The largest absolute Gasteiger partial charge is 0.478 e. The van der Waals surface area contributed by atoms with Crippen LogP contribution in [0.4, 0.5) is 4.79 Å². The molecule has 6 nitrogen and oxygen atoms in total. The van der Waals surface area contributed by atoms with E-state index < -0.39 is 23.8 Å². The Balaban J connectivity index is 2.03. The van der Waals surface area contributed by atoms with Gasteiger partial charge in [0, 0.05) is 21.7 Å². The minimum absolute atomic E-state index is 0.0127. The third-order valence-corrected chi connectivity index (χ3v) is 7.25. The van der Waals surface area contributed by atoms with Gasteiger partial charge in [-0.25, -0.2) is 9.59 Å². The van der Waals surface area contributed by atoms with E-state index in [9.17, 15) is 19.8 Å². The molecule has 3 aromatic rings. The number of amides is 1. The highest BCUT2D eigenvalue weighted by molar-refractivity contribution is 8.00. The van der Waals surface area contributed by atoms with E-state index in [1.54, 1.807) is 51.1 Å². The molecule has 0 aliphatic carbocycles. The second-order valence-electron chi connectivity index (χ2n) is 10.6. The number of carboxylic acid groups (broad SMARTS) is 1. The monoisotopic (exact) mass is 569 g/mol. The fourth-order valence-corrected chi connectivity index (χ4v) is 5.47. The third kappa shape index (κ3) is 8.75. The number of aliphatic hydroxyl groups excluding tert-OH is 1. The number of ether oxygens (including phenoxy) is 1. The quantitative estimate of drug-likeness (QED) is 0.243. The predicted molar refractivity (Wildman–Crippen MR) is 158 cm³/mol. The zero-order chi connectivity index (χ0) is 28.7. The number of rotatable bonds is 10. The van der Waals surface area contributed by atoms with Gasteiger partial charge in [-0.2, -0.15) is 0 Å². The summed E-state index contributed by atoms with van der Waals surface area (Å²) in [5.41, 5.74) is 2.79. The molecule has 0 unspecified atom stereocenters. The summed E-state index contributed by atoms with van der Waals surface area (Å²) < 4.78 is 5.67. The Kier molecular flexibility index (Phi) is 10.5. The van der Waals surface area contributed by atoms with E-state index >= 15 is 0 Å². The number of aromatic carboxylic acids is 1. The summed E-state index contributed by atoms with van der Waals surface area (Å²) in [6, 6.07) is 20.1. The highest BCUT2D eigenvalue weighted by atomic mass is 35.5. The van der Waals surface area contributed by atoms with E-state index in [-0.39, 0.29) is 23.9 Å². The minimum Gasteiger partial charge on any atom is -0.478 e. The van der Waals surface area contributed by atoms with Crippen molar-refractivity contribution < 1.29 is 24.5 Å². The number of aliphatic hydroxyl groups is 1. The van der Waals surface area contributed by atoms with Gasteiger partial charge in [-0.1, -0.05) is 74.0 Å². The molecule has 208 valence electrons. The predicted octanol–water partition coefficient (Wildman–Crippen LogP) is 7.72. The summed E-state index contributed by atoms with van der Waals surface area (Å²) in [5, 5.41) is 21.6. The number of hydrogen-bond acceptors (Lipinski definition) is 5. The van der Waals surface area contributed by atoms with Crippen molar-refractivity contribution in [2.24, 2.45) is 0 Å². The van der Waals surface area contributed by atoms with Crippen molar-refractivity contribution in [1.82, 2.24) is 4.90 Å². The Morgan fingerprint density at radius 2 is 1.72 bits per heavy atom. The van der Waals surface area contributed by atoms with E-state index in [4.69, 9.17) is 16.3 Å². The van der Waals surface area contributed by atoms with Gasteiger partial charge in [-0.05, 0) is 67.6 Å². The topological polar surface area (TPSA) is 87.1 Å². The molecule has 0 saturated carbocycles. The van der Waals surface area contributed by atoms with Crippen molar-refractivity contribution in [1.29, 1.82) is 0 Å². The van der Waals surface area contributed by atoms with Crippen LogP contribution in [0, 0.1) is 0 Å². The van der Waals surface area contributed by atoms with Crippen LogP contribution in [0.5, 0.6) is 0 Å². The Labute approximate surface area is 240 Å². The van der Waals surface area contributed by atoms with Crippen molar-refractivity contribution in [3.63, 3.8) is 0 Å². The number of thioether (sulfide) groups is 1. The van der Waals surface area contributed by atoms with Crippen molar-refractivity contribution in [2.45, 2.75) is 62.9 Å². The van der Waals surface area contributed by atoms with Gasteiger partial charge in [0.2, 0.25) is 0 Å². The molecule has 0 radical (unpaired) electrons. The van der Waals surface area contributed by atoms with Gasteiger partial charge in [-0.15, -0.1) is 11.8 Å². The van der Waals surface area contributed by atoms with Crippen LogP contribution in [0.25, 0.3) is 11.1 Å². The smallest absolute Gasteiger partial charge is 0.410 e. The van der Waals surface area contributed by atoms with Crippen LogP contribution in [0.2, 0.25) is 5.02 Å². The Hall–Kier alpha value is -3.00. The average molecular weight is 570 g/mol. The molecule has 0 fully saturated rings. The van der Waals surface area contributed by atoms with E-state index in [0.29, 0.717) is 21.9 Å². The van der Waals surface area contributed by atoms with Crippen LogP contribution in [-0.4, -0.2) is 51.1 Å². The van der Waals surface area contributed by atoms with Gasteiger partial charge in [0.1, 0.15) is 5.60 Å². The molecular weight excluding hydrogens is 534 g/mol. The van der Waals surface area contributed by atoms with Crippen molar-refractivity contribution >= 4 is 35.4 Å². The maximum absolute atomic E-state index is 13.3. The van der Waals surface area contributed by atoms with Crippen LogP contribution < -0.4 is 0 Å². The molecule has 0 heterocycles. The Bertz CT molecular complexity index is 1290. The van der Waals surface area contributed by atoms with Crippen LogP contribution >= 0.6 is 23.4 Å². The zero-order valence-electron chi connectivity index (χ0n) is 23.0. The van der Waals surface area contributed by atoms with E-state index in [1.165, 1.54) is 16.7 Å². The van der Waals surface area contributed by atoms with Crippen LogP contribution in [-0.2, 0) is 11.2 Å². The lowest BCUT2D eigenvalue weighted by atomic mass is 9.95. The second-order valence-corrected chi connectivity index (χ2v) is 12.6. The first-order valence-corrected chi connectivity index (χ1v) is 14.1. The van der Waals surface area contributed by atoms with Gasteiger partial charge in [0.25, 0.3) is 0 Å². The number of carbonyl (C=O) groups is 2. The number of benzene rings is 3. The molecule has 0 aliphatic rings. The summed E-state index contributed by atoms with van der Waals surface area (Å²) in [5.74, 6) is -1.00. The minimum atomic E-state index is -1.00. The van der Waals surface area contributed by atoms with Gasteiger partial charge >= 0.3 is 12.1 Å². The number of hydrogen-bond donors (Lipinski definition) is 2. The fourth-order valence-electron chi connectivity index (χ4n) is 4.16. The number of nitrogens with zero attached hydrogens (tertiary/aromatic N) is 1. The Morgan fingerprint density at radius 1 is 1.03 bits per heavy atom. The molecule has 8 heteroatoms. The lowest BCUT2D eigenvalue weighted by Gasteiger charge is -2.30. The molecule has 2 N–H and O–H groups in total. The lowest BCUT2D eigenvalue weighted by molar-refractivity contribution is 0.0146. The molecule has 3 rings (SSSR count). The number of carbonyl (C=O) groups excluding carboxylic acids is 1. The van der Waals surface area contributed by atoms with Gasteiger partial charge in [0.15, 0.2) is 0 Å². The first kappa shape index (κ1) is 30.5. The summed E-state index contributed by atoms with van der Waals surface area (Å²) in [6.45, 7) is 9.60. The molecule has 0 bridgehead atoms. The van der Waals surface area contributed by atoms with Crippen LogP contribution in [0.15, 0.2) is 71.6 Å². The average Bonchev–Trinajstić information content (AvgIpc) is 2.85. The summed E-state index contributed by atoms with van der Waals surface area (Å²) in [6.07, 6.45) is -1.18. The maximum atomic E-state index is 13.3. The highest BCUT2D eigenvalue weighted by Gasteiger charge is 2.27. The summed E-state index contributed by atoms with van der Waals surface area (Å²) >= 11 is 7.62. The molecule has 0 saturated heterocycles. The lowest BCUT2D eigenvalue weighted by Crippen LogP contribution is -2.40. The molecule has 3 aromatic carbocycles. The number of halogens is 1. The zero-order valence-corrected chi connectivity index (χ0v) is 24.6. The van der Waals surface area contributed by atoms with E-state index in [1.807, 2.05) is 50.2 Å². The second kappa shape index (κ2) is 13.4. The maximum Gasteiger partial charge on any atom is 0.410 e. The third-order valence-electron chi connectivity index (χ3n) is 5.84. The van der Waals surface area contributed by atoms with Crippen molar-refractivity contribution in [3.8, 4) is 11.1 Å². The number of carboxylic acids is 1. The van der Waals surface area contributed by atoms with Gasteiger partial charge in [0.05, 0.1) is 18.2 Å². The van der Waals surface area contributed by atoms with Crippen molar-refractivity contribution in [2.75, 3.05) is 13.1 Å². The molecule has 0 aromatic heterocycles. The fraction of sp³-hybridized carbons (Fsp3) is 0.355. The van der Waals surface area contributed by atoms with Crippen LogP contribution in [0.3, 0.4) is 0 Å². The standard InChI is InChI=1S/C31H36ClNO5S/c1-20(2)39-28-25(24(14-15-26(28)29(35)36)21-10-7-6-8-11-21)16-17-33(30(37)38-31(3,4)5)19-27(34)22-12-9-13-23(32)18-22/h6-15,18,20,27,34H,16-17,19H2,1-5H3,(H,35,36)/t27-/m0/s1. The molecule has 39 heavy (non-hydrogen) atoms. The first-order valence-electron chi connectivity index (χ1n) is 12.9. The molecule has 0 aliphatic heterocycles. The molecular formula is C31H36ClNO5S. The van der Waals surface area contributed by atoms with Crippen molar-refractivity contribution in [3.05, 3.63) is 88.4 Å². The summed E-state index contributed by atoms with van der Waals surface area (Å²) in [4.78, 5) is 27.6. The molecule has 1 amide bonds. The SMILES string of the molecule is CC(C)Sc1c(C(=O)O)ccc(-c2ccccc2)c1CCN(C[C@H](O)c1cccc(Cl)c1)C(=O)OC(C)(C)C. The Morgan fingerprint density at radius 3 is 2.31 bits per heavy atom. The molecule has 1 atom stereocenters. The van der Waals surface area contributed by atoms with E-state index in [2.05, 4.69) is 0 Å². The van der Waals surface area contributed by atoms with Gasteiger partial charge in [-0.3, -0.25) is 0 Å². The van der Waals surface area contributed by atoms with E-state index in [0.717, 1.165) is 16.7 Å². The normalized spacial score (nSPS) is 12.3. The first-order chi connectivity index (χ1) is 18.4. The van der Waals surface area contributed by atoms with Crippen LogP contribution in [0.1, 0.15) is 62.2 Å².